The van der Waals surface area contributed by atoms with Gasteiger partial charge in [0, 0.05) is 6.54 Å². The lowest BCUT2D eigenvalue weighted by molar-refractivity contribution is -0.146. The minimum atomic E-state index is -0.971. The molecule has 0 unspecified atom stereocenters. The SMILES string of the molecule is O=C(O)[C@@H]1[C@@H](C(=O)NCCCc2ccccc2)[C@H]2C=C[C@H]1O2. The molecule has 4 atom stereocenters. The van der Waals surface area contributed by atoms with Gasteiger partial charge >= 0.3 is 5.97 Å². The number of carboxylic acid groups (broad SMARTS) is 1. The van der Waals surface area contributed by atoms with Gasteiger partial charge < -0.3 is 15.2 Å². The van der Waals surface area contributed by atoms with Crippen LogP contribution in [0, 0.1) is 11.8 Å². The molecule has 1 aromatic rings. The van der Waals surface area contributed by atoms with Gasteiger partial charge in [0.05, 0.1) is 18.1 Å². The van der Waals surface area contributed by atoms with Crippen LogP contribution in [-0.2, 0) is 20.7 Å². The van der Waals surface area contributed by atoms with E-state index in [-0.39, 0.29) is 5.91 Å². The number of fused-ring (bicyclic) bond motifs is 2. The average molecular weight is 301 g/mol. The van der Waals surface area contributed by atoms with Crippen molar-refractivity contribution >= 4 is 11.9 Å². The summed E-state index contributed by atoms with van der Waals surface area (Å²) < 4.78 is 5.50. The van der Waals surface area contributed by atoms with E-state index in [1.165, 1.54) is 5.56 Å². The number of amides is 1. The van der Waals surface area contributed by atoms with E-state index in [1.807, 2.05) is 18.2 Å². The van der Waals surface area contributed by atoms with Crippen molar-refractivity contribution in [2.75, 3.05) is 6.54 Å². The van der Waals surface area contributed by atoms with Gasteiger partial charge in [0.2, 0.25) is 5.91 Å². The molecule has 0 aromatic heterocycles. The van der Waals surface area contributed by atoms with Crippen LogP contribution in [0.15, 0.2) is 42.5 Å². The predicted molar refractivity (Wildman–Crippen MR) is 80.2 cm³/mol. The normalized spacial score (nSPS) is 28.7. The van der Waals surface area contributed by atoms with Gasteiger partial charge in [-0.1, -0.05) is 42.5 Å². The molecule has 5 nitrogen and oxygen atoms in total. The largest absolute Gasteiger partial charge is 0.481 e. The summed E-state index contributed by atoms with van der Waals surface area (Å²) in [5, 5.41) is 12.1. The summed E-state index contributed by atoms with van der Waals surface area (Å²) in [6.07, 6.45) is 4.37. The highest BCUT2D eigenvalue weighted by molar-refractivity contribution is 5.87. The first-order valence-electron chi connectivity index (χ1n) is 7.55. The highest BCUT2D eigenvalue weighted by Gasteiger charge is 2.53. The van der Waals surface area contributed by atoms with E-state index in [4.69, 9.17) is 4.74 Å². The molecule has 2 aliphatic heterocycles. The van der Waals surface area contributed by atoms with Gasteiger partial charge in [0.15, 0.2) is 0 Å². The van der Waals surface area contributed by atoms with E-state index >= 15 is 0 Å². The third-order valence-electron chi connectivity index (χ3n) is 4.27. The second-order valence-corrected chi connectivity index (χ2v) is 5.72. The topological polar surface area (TPSA) is 75.6 Å². The van der Waals surface area contributed by atoms with Crippen LogP contribution in [-0.4, -0.2) is 35.7 Å². The molecule has 2 N–H and O–H groups in total. The first kappa shape index (κ1) is 14.8. The maximum atomic E-state index is 12.3. The Balaban J connectivity index is 1.50. The molecular weight excluding hydrogens is 282 g/mol. The molecule has 2 heterocycles. The lowest BCUT2D eigenvalue weighted by Crippen LogP contribution is -2.42. The molecule has 3 rings (SSSR count). The zero-order chi connectivity index (χ0) is 15.5. The summed E-state index contributed by atoms with van der Waals surface area (Å²) in [6, 6.07) is 10.1. The van der Waals surface area contributed by atoms with Gasteiger partial charge in [-0.25, -0.2) is 0 Å². The Kier molecular flexibility index (Phi) is 4.24. The first-order chi connectivity index (χ1) is 10.7. The Bertz CT molecular complexity index is 584. The fraction of sp³-hybridized carbons (Fsp3) is 0.412. The monoisotopic (exact) mass is 301 g/mol. The molecule has 1 saturated heterocycles. The van der Waals surface area contributed by atoms with Crippen LogP contribution in [0.2, 0.25) is 0 Å². The van der Waals surface area contributed by atoms with Gasteiger partial charge in [-0.15, -0.1) is 0 Å². The Morgan fingerprint density at radius 3 is 2.45 bits per heavy atom. The number of aryl methyl sites for hydroxylation is 1. The average Bonchev–Trinajstić information content (AvgIpc) is 3.13. The van der Waals surface area contributed by atoms with E-state index in [2.05, 4.69) is 17.4 Å². The van der Waals surface area contributed by atoms with Crippen LogP contribution in [0.4, 0.5) is 0 Å². The van der Waals surface area contributed by atoms with Crippen molar-refractivity contribution in [2.24, 2.45) is 11.8 Å². The van der Waals surface area contributed by atoms with Crippen LogP contribution >= 0.6 is 0 Å². The standard InChI is InChI=1S/C17H19NO4/c19-16(18-10-4-7-11-5-2-1-3-6-11)14-12-8-9-13(22-12)15(14)17(20)21/h1-3,5-6,8-9,12-15H,4,7,10H2,(H,18,19)(H,20,21)/t12-,13-,14+,15+/m1/s1. The summed E-state index contributed by atoms with van der Waals surface area (Å²) >= 11 is 0. The van der Waals surface area contributed by atoms with Crippen molar-refractivity contribution in [3.63, 3.8) is 0 Å². The molecule has 116 valence electrons. The van der Waals surface area contributed by atoms with E-state index in [0.29, 0.717) is 6.54 Å². The van der Waals surface area contributed by atoms with Gasteiger partial charge in [-0.05, 0) is 18.4 Å². The summed E-state index contributed by atoms with van der Waals surface area (Å²) in [6.45, 7) is 0.539. The summed E-state index contributed by atoms with van der Waals surface area (Å²) in [5.74, 6) is -2.59. The van der Waals surface area contributed by atoms with Crippen molar-refractivity contribution in [3.05, 3.63) is 48.0 Å². The van der Waals surface area contributed by atoms with Gasteiger partial charge in [0.1, 0.15) is 5.92 Å². The Morgan fingerprint density at radius 2 is 1.77 bits per heavy atom. The van der Waals surface area contributed by atoms with Crippen molar-refractivity contribution in [2.45, 2.75) is 25.0 Å². The molecule has 0 saturated carbocycles. The number of hydrogen-bond acceptors (Lipinski definition) is 3. The molecule has 5 heteroatoms. The lowest BCUT2D eigenvalue weighted by atomic mass is 9.82. The third kappa shape index (κ3) is 2.90. The highest BCUT2D eigenvalue weighted by atomic mass is 16.5. The van der Waals surface area contributed by atoms with Gasteiger partial charge in [0.25, 0.3) is 0 Å². The number of carbonyl (C=O) groups excluding carboxylic acids is 1. The Morgan fingerprint density at radius 1 is 1.09 bits per heavy atom. The van der Waals surface area contributed by atoms with E-state index in [0.717, 1.165) is 12.8 Å². The first-order valence-corrected chi connectivity index (χ1v) is 7.55. The number of rotatable bonds is 6. The maximum absolute atomic E-state index is 12.3. The van der Waals surface area contributed by atoms with Crippen LogP contribution in [0.1, 0.15) is 12.0 Å². The fourth-order valence-corrected chi connectivity index (χ4v) is 3.18. The molecule has 2 aliphatic rings. The fourth-order valence-electron chi connectivity index (χ4n) is 3.18. The molecule has 1 amide bonds. The van der Waals surface area contributed by atoms with E-state index in [9.17, 15) is 14.7 Å². The second-order valence-electron chi connectivity index (χ2n) is 5.72. The molecule has 0 aliphatic carbocycles. The van der Waals surface area contributed by atoms with Crippen LogP contribution in [0.3, 0.4) is 0 Å². The minimum absolute atomic E-state index is 0.225. The number of ether oxygens (including phenoxy) is 1. The molecule has 1 fully saturated rings. The Hall–Kier alpha value is -2.14. The van der Waals surface area contributed by atoms with Crippen molar-refractivity contribution in [1.29, 1.82) is 0 Å². The summed E-state index contributed by atoms with van der Waals surface area (Å²) in [5.41, 5.74) is 1.23. The number of nitrogens with one attached hydrogen (secondary N) is 1. The molecule has 0 spiro atoms. The number of aliphatic carboxylic acids is 1. The van der Waals surface area contributed by atoms with Crippen LogP contribution in [0.5, 0.6) is 0 Å². The highest BCUT2D eigenvalue weighted by Crippen LogP contribution is 2.39. The van der Waals surface area contributed by atoms with Crippen LogP contribution < -0.4 is 5.32 Å². The predicted octanol–water partition coefficient (Wildman–Crippen LogP) is 1.39. The Labute approximate surface area is 129 Å². The zero-order valence-corrected chi connectivity index (χ0v) is 12.1. The van der Waals surface area contributed by atoms with Crippen molar-refractivity contribution in [3.8, 4) is 0 Å². The molecule has 2 bridgehead atoms. The van der Waals surface area contributed by atoms with Gasteiger partial charge in [-0.3, -0.25) is 9.59 Å². The third-order valence-corrected chi connectivity index (χ3v) is 4.27. The quantitative estimate of drug-likeness (QED) is 0.615. The lowest BCUT2D eigenvalue weighted by Gasteiger charge is -2.20. The molecule has 1 aromatic carbocycles. The summed E-state index contributed by atoms with van der Waals surface area (Å²) in [7, 11) is 0. The molecule has 0 radical (unpaired) electrons. The number of benzene rings is 1. The maximum Gasteiger partial charge on any atom is 0.310 e. The number of carbonyl (C=O) groups is 2. The second kappa shape index (κ2) is 6.32. The number of carboxylic acids is 1. The van der Waals surface area contributed by atoms with E-state index in [1.54, 1.807) is 12.2 Å². The molecular formula is C17H19NO4. The minimum Gasteiger partial charge on any atom is -0.481 e. The smallest absolute Gasteiger partial charge is 0.310 e. The summed E-state index contributed by atoms with van der Waals surface area (Å²) in [4.78, 5) is 23.6. The van der Waals surface area contributed by atoms with Crippen LogP contribution in [0.25, 0.3) is 0 Å². The van der Waals surface area contributed by atoms with Gasteiger partial charge in [-0.2, -0.15) is 0 Å². The van der Waals surface area contributed by atoms with E-state index < -0.39 is 30.0 Å². The van der Waals surface area contributed by atoms with Crippen molar-refractivity contribution < 1.29 is 19.4 Å². The zero-order valence-electron chi connectivity index (χ0n) is 12.1. The molecule has 22 heavy (non-hydrogen) atoms. The number of hydrogen-bond donors (Lipinski definition) is 2. The van der Waals surface area contributed by atoms with Crippen molar-refractivity contribution in [1.82, 2.24) is 5.32 Å².